The van der Waals surface area contributed by atoms with Gasteiger partial charge in [0.15, 0.2) is 0 Å². The number of aryl methyl sites for hydroxylation is 2. The van der Waals surface area contributed by atoms with Crippen LogP contribution in [0.5, 0.6) is 5.75 Å². The van der Waals surface area contributed by atoms with Crippen molar-refractivity contribution in [1.82, 2.24) is 14.7 Å². The van der Waals surface area contributed by atoms with E-state index in [9.17, 15) is 4.79 Å². The Balaban J connectivity index is 1.60. The number of hydrogen-bond acceptors (Lipinski definition) is 4. The van der Waals surface area contributed by atoms with Gasteiger partial charge in [0.05, 0.1) is 12.8 Å². The molecule has 0 atom stereocenters. The van der Waals surface area contributed by atoms with E-state index in [1.54, 1.807) is 11.8 Å². The van der Waals surface area contributed by atoms with Crippen LogP contribution in [0.15, 0.2) is 30.3 Å². The quantitative estimate of drug-likeness (QED) is 0.855. The lowest BCUT2D eigenvalue weighted by molar-refractivity contribution is -0.131. The van der Waals surface area contributed by atoms with Crippen LogP contribution < -0.4 is 9.64 Å². The molecule has 0 aliphatic carbocycles. The highest BCUT2D eigenvalue weighted by atomic mass is 16.5. The number of amides is 1. The highest BCUT2D eigenvalue weighted by molar-refractivity contribution is 5.76. The van der Waals surface area contributed by atoms with Crippen molar-refractivity contribution in [3.05, 3.63) is 41.7 Å². The third-order valence-electron chi connectivity index (χ3n) is 4.67. The maximum absolute atomic E-state index is 12.6. The van der Waals surface area contributed by atoms with Gasteiger partial charge in [0.1, 0.15) is 12.3 Å². The lowest BCUT2D eigenvalue weighted by atomic mass is 10.2. The number of methoxy groups -OCH3 is 1. The van der Waals surface area contributed by atoms with Crippen molar-refractivity contribution >= 4 is 11.6 Å². The smallest absolute Gasteiger partial charge is 0.244 e. The lowest BCUT2D eigenvalue weighted by Gasteiger charge is -2.24. The highest BCUT2D eigenvalue weighted by Crippen LogP contribution is 2.20. The second-order valence-electron chi connectivity index (χ2n) is 6.50. The SMILES string of the molecule is COc1ccc(N2CCCN(C(=O)Cn3nc(C)cc3C)CC2)cc1. The van der Waals surface area contributed by atoms with E-state index in [0.717, 1.165) is 49.7 Å². The maximum atomic E-state index is 12.6. The van der Waals surface area contributed by atoms with Gasteiger partial charge in [-0.05, 0) is 50.6 Å². The Morgan fingerprint density at radius 3 is 2.52 bits per heavy atom. The number of anilines is 1. The molecule has 1 fully saturated rings. The molecule has 1 aliphatic heterocycles. The zero-order chi connectivity index (χ0) is 17.8. The van der Waals surface area contributed by atoms with Crippen LogP contribution in [0, 0.1) is 13.8 Å². The fourth-order valence-electron chi connectivity index (χ4n) is 3.28. The Hall–Kier alpha value is -2.50. The Morgan fingerprint density at radius 1 is 1.12 bits per heavy atom. The van der Waals surface area contributed by atoms with Gasteiger partial charge in [0.25, 0.3) is 0 Å². The summed E-state index contributed by atoms with van der Waals surface area (Å²) in [5, 5.41) is 4.39. The number of ether oxygens (including phenoxy) is 1. The summed E-state index contributed by atoms with van der Waals surface area (Å²) in [6, 6.07) is 10.1. The molecule has 3 rings (SSSR count). The molecule has 6 heteroatoms. The molecular weight excluding hydrogens is 316 g/mol. The van der Waals surface area contributed by atoms with E-state index in [4.69, 9.17) is 4.74 Å². The van der Waals surface area contributed by atoms with Gasteiger partial charge < -0.3 is 14.5 Å². The maximum Gasteiger partial charge on any atom is 0.244 e. The molecular formula is C19H26N4O2. The monoisotopic (exact) mass is 342 g/mol. The standard InChI is InChI=1S/C19H26N4O2/c1-15-13-16(2)23(20-15)14-19(24)22-10-4-9-21(11-12-22)17-5-7-18(25-3)8-6-17/h5-8,13H,4,9-12,14H2,1-3H3. The number of carbonyl (C=O) groups is 1. The Bertz CT molecular complexity index is 724. The van der Waals surface area contributed by atoms with Crippen LogP contribution >= 0.6 is 0 Å². The van der Waals surface area contributed by atoms with Crippen molar-refractivity contribution in [3.63, 3.8) is 0 Å². The average molecular weight is 342 g/mol. The molecule has 1 saturated heterocycles. The van der Waals surface area contributed by atoms with Crippen LogP contribution in [-0.4, -0.2) is 53.9 Å². The van der Waals surface area contributed by atoms with Crippen LogP contribution in [0.2, 0.25) is 0 Å². The molecule has 1 aromatic carbocycles. The minimum Gasteiger partial charge on any atom is -0.497 e. The van der Waals surface area contributed by atoms with Gasteiger partial charge in [0, 0.05) is 37.6 Å². The van der Waals surface area contributed by atoms with Crippen LogP contribution in [-0.2, 0) is 11.3 Å². The molecule has 0 saturated carbocycles. The molecule has 1 amide bonds. The molecule has 6 nitrogen and oxygen atoms in total. The fourth-order valence-corrected chi connectivity index (χ4v) is 3.28. The zero-order valence-corrected chi connectivity index (χ0v) is 15.2. The number of nitrogens with zero attached hydrogens (tertiary/aromatic N) is 4. The van der Waals surface area contributed by atoms with Crippen LogP contribution in [0.1, 0.15) is 17.8 Å². The first-order chi connectivity index (χ1) is 12.1. The summed E-state index contributed by atoms with van der Waals surface area (Å²) in [6.45, 7) is 7.59. The van der Waals surface area contributed by atoms with Gasteiger partial charge in [-0.1, -0.05) is 0 Å². The summed E-state index contributed by atoms with van der Waals surface area (Å²) >= 11 is 0. The second-order valence-corrected chi connectivity index (χ2v) is 6.50. The minimum absolute atomic E-state index is 0.141. The van der Waals surface area contributed by atoms with E-state index >= 15 is 0 Å². The molecule has 0 radical (unpaired) electrons. The number of hydrogen-bond donors (Lipinski definition) is 0. The van der Waals surface area contributed by atoms with E-state index in [1.807, 2.05) is 36.9 Å². The third kappa shape index (κ3) is 4.13. The van der Waals surface area contributed by atoms with E-state index < -0.39 is 0 Å². The van der Waals surface area contributed by atoms with Gasteiger partial charge in [-0.25, -0.2) is 0 Å². The summed E-state index contributed by atoms with van der Waals surface area (Å²) in [5.74, 6) is 1.00. The van der Waals surface area contributed by atoms with Gasteiger partial charge in [-0.15, -0.1) is 0 Å². The predicted octanol–water partition coefficient (Wildman–Crippen LogP) is 2.25. The van der Waals surface area contributed by atoms with E-state index in [0.29, 0.717) is 6.54 Å². The number of aromatic nitrogens is 2. The number of benzene rings is 1. The topological polar surface area (TPSA) is 50.6 Å². The largest absolute Gasteiger partial charge is 0.497 e. The Kier molecular flexibility index (Phi) is 5.26. The van der Waals surface area contributed by atoms with Crippen molar-refractivity contribution in [1.29, 1.82) is 0 Å². The van der Waals surface area contributed by atoms with Crippen molar-refractivity contribution in [3.8, 4) is 5.75 Å². The molecule has 0 N–H and O–H groups in total. The highest BCUT2D eigenvalue weighted by Gasteiger charge is 2.20. The number of carbonyl (C=O) groups excluding carboxylic acids is 1. The van der Waals surface area contributed by atoms with Gasteiger partial charge >= 0.3 is 0 Å². The lowest BCUT2D eigenvalue weighted by Crippen LogP contribution is -2.37. The van der Waals surface area contributed by atoms with Crippen molar-refractivity contribution < 1.29 is 9.53 Å². The fraction of sp³-hybridized carbons (Fsp3) is 0.474. The normalized spacial score (nSPS) is 15.2. The van der Waals surface area contributed by atoms with E-state index in [1.165, 1.54) is 5.69 Å². The molecule has 1 aromatic heterocycles. The first-order valence-corrected chi connectivity index (χ1v) is 8.74. The molecule has 1 aliphatic rings. The van der Waals surface area contributed by atoms with E-state index in [-0.39, 0.29) is 5.91 Å². The molecule has 25 heavy (non-hydrogen) atoms. The molecule has 2 aromatic rings. The van der Waals surface area contributed by atoms with Crippen LogP contribution in [0.4, 0.5) is 5.69 Å². The average Bonchev–Trinajstić information content (AvgIpc) is 2.81. The van der Waals surface area contributed by atoms with Gasteiger partial charge in [-0.3, -0.25) is 9.48 Å². The van der Waals surface area contributed by atoms with E-state index in [2.05, 4.69) is 22.1 Å². The summed E-state index contributed by atoms with van der Waals surface area (Å²) in [6.07, 6.45) is 0.967. The zero-order valence-electron chi connectivity index (χ0n) is 15.2. The summed E-state index contributed by atoms with van der Waals surface area (Å²) in [5.41, 5.74) is 3.15. The molecule has 0 spiro atoms. The Morgan fingerprint density at radius 2 is 1.88 bits per heavy atom. The molecule has 0 unspecified atom stereocenters. The second kappa shape index (κ2) is 7.59. The molecule has 2 heterocycles. The molecule has 0 bridgehead atoms. The van der Waals surface area contributed by atoms with Gasteiger partial charge in [-0.2, -0.15) is 5.10 Å². The van der Waals surface area contributed by atoms with Crippen molar-refractivity contribution in [2.75, 3.05) is 38.2 Å². The Labute approximate surface area is 149 Å². The van der Waals surface area contributed by atoms with Gasteiger partial charge in [0.2, 0.25) is 5.91 Å². The van der Waals surface area contributed by atoms with Crippen LogP contribution in [0.25, 0.3) is 0 Å². The third-order valence-corrected chi connectivity index (χ3v) is 4.67. The summed E-state index contributed by atoms with van der Waals surface area (Å²) in [4.78, 5) is 16.9. The van der Waals surface area contributed by atoms with Crippen molar-refractivity contribution in [2.24, 2.45) is 0 Å². The predicted molar refractivity (Wildman–Crippen MR) is 98.1 cm³/mol. The molecule has 134 valence electrons. The first-order valence-electron chi connectivity index (χ1n) is 8.74. The first kappa shape index (κ1) is 17.3. The number of rotatable bonds is 4. The summed E-state index contributed by atoms with van der Waals surface area (Å²) in [7, 11) is 1.67. The van der Waals surface area contributed by atoms with Crippen LogP contribution in [0.3, 0.4) is 0 Å². The minimum atomic E-state index is 0.141. The van der Waals surface area contributed by atoms with Crippen molar-refractivity contribution in [2.45, 2.75) is 26.8 Å². The summed E-state index contributed by atoms with van der Waals surface area (Å²) < 4.78 is 7.01.